The van der Waals surface area contributed by atoms with Crippen LogP contribution in [0.2, 0.25) is 0 Å². The van der Waals surface area contributed by atoms with Crippen LogP contribution in [-0.4, -0.2) is 58.2 Å². The van der Waals surface area contributed by atoms with Gasteiger partial charge in [-0.3, -0.25) is 19.2 Å². The van der Waals surface area contributed by atoms with Crippen molar-refractivity contribution in [1.29, 1.82) is 0 Å². The van der Waals surface area contributed by atoms with Gasteiger partial charge in [-0.15, -0.1) is 0 Å². The van der Waals surface area contributed by atoms with Gasteiger partial charge in [0.25, 0.3) is 5.91 Å². The SMILES string of the molecule is CC(C)C[C@H](NC(=O)c1cc2ccccc2[nH]1)C(=O)N1C[C@H]2C([C@H]1C(=O)N[C@H](C(N)=O)C(C)(C)C)C2(C)C. The summed E-state index contributed by atoms with van der Waals surface area (Å²) in [5.41, 5.74) is 6.16. The number of carbonyl (C=O) groups excluding carboxylic acids is 4. The van der Waals surface area contributed by atoms with E-state index in [1.165, 1.54) is 0 Å². The molecule has 206 valence electrons. The highest BCUT2D eigenvalue weighted by Gasteiger charge is 2.69. The lowest BCUT2D eigenvalue weighted by molar-refractivity contribution is -0.143. The Kier molecular flexibility index (Phi) is 7.10. The van der Waals surface area contributed by atoms with E-state index in [9.17, 15) is 19.2 Å². The molecule has 2 heterocycles. The second-order valence-corrected chi connectivity index (χ2v) is 13.0. The van der Waals surface area contributed by atoms with Gasteiger partial charge in [-0.1, -0.05) is 66.7 Å². The van der Waals surface area contributed by atoms with E-state index in [0.29, 0.717) is 18.7 Å². The van der Waals surface area contributed by atoms with Gasteiger partial charge in [-0.25, -0.2) is 0 Å². The average molecular weight is 524 g/mol. The van der Waals surface area contributed by atoms with Gasteiger partial charge < -0.3 is 26.3 Å². The van der Waals surface area contributed by atoms with Gasteiger partial charge in [0.15, 0.2) is 0 Å². The highest BCUT2D eigenvalue weighted by atomic mass is 16.2. The number of carbonyl (C=O) groups is 4. The summed E-state index contributed by atoms with van der Waals surface area (Å²) in [7, 11) is 0. The zero-order chi connectivity index (χ0) is 28.2. The Balaban J connectivity index is 1.57. The molecule has 9 nitrogen and oxygen atoms in total. The van der Waals surface area contributed by atoms with Gasteiger partial charge in [-0.2, -0.15) is 0 Å². The summed E-state index contributed by atoms with van der Waals surface area (Å²) in [6.07, 6.45) is 0.431. The fourth-order valence-electron chi connectivity index (χ4n) is 6.08. The van der Waals surface area contributed by atoms with Crippen molar-refractivity contribution in [3.63, 3.8) is 0 Å². The minimum atomic E-state index is -0.874. The van der Waals surface area contributed by atoms with Gasteiger partial charge in [0.2, 0.25) is 17.7 Å². The molecule has 2 aliphatic rings. The molecule has 0 radical (unpaired) electrons. The summed E-state index contributed by atoms with van der Waals surface area (Å²) in [5, 5.41) is 6.68. The van der Waals surface area contributed by atoms with E-state index in [0.717, 1.165) is 10.9 Å². The molecule has 5 N–H and O–H groups in total. The molecule has 5 atom stereocenters. The maximum Gasteiger partial charge on any atom is 0.268 e. The second kappa shape index (κ2) is 9.75. The van der Waals surface area contributed by atoms with Crippen molar-refractivity contribution >= 4 is 34.5 Å². The van der Waals surface area contributed by atoms with E-state index >= 15 is 0 Å². The highest BCUT2D eigenvalue weighted by Crippen LogP contribution is 2.65. The van der Waals surface area contributed by atoms with Crippen LogP contribution in [0, 0.1) is 28.6 Å². The summed E-state index contributed by atoms with van der Waals surface area (Å²) >= 11 is 0. The molecule has 2 fully saturated rings. The molecule has 1 aromatic carbocycles. The molecule has 4 rings (SSSR count). The first-order valence-electron chi connectivity index (χ1n) is 13.4. The number of fused-ring (bicyclic) bond motifs is 2. The van der Waals surface area contributed by atoms with Crippen LogP contribution in [0.25, 0.3) is 10.9 Å². The molecule has 2 aromatic rings. The molecule has 1 saturated carbocycles. The number of hydrogen-bond donors (Lipinski definition) is 4. The van der Waals surface area contributed by atoms with Crippen molar-refractivity contribution in [3.8, 4) is 0 Å². The summed E-state index contributed by atoms with van der Waals surface area (Å²) in [6.45, 7) is 14.1. The van der Waals surface area contributed by atoms with Crippen LogP contribution in [0.3, 0.4) is 0 Å². The minimum Gasteiger partial charge on any atom is -0.368 e. The predicted octanol–water partition coefficient (Wildman–Crippen LogP) is 2.81. The Morgan fingerprint density at radius 3 is 2.37 bits per heavy atom. The topological polar surface area (TPSA) is 137 Å². The van der Waals surface area contributed by atoms with Gasteiger partial charge in [0.1, 0.15) is 23.8 Å². The molecule has 38 heavy (non-hydrogen) atoms. The quantitative estimate of drug-likeness (QED) is 0.423. The molecule has 1 aromatic heterocycles. The van der Waals surface area contributed by atoms with Crippen molar-refractivity contribution in [2.45, 2.75) is 73.0 Å². The van der Waals surface area contributed by atoms with Gasteiger partial charge >= 0.3 is 0 Å². The largest absolute Gasteiger partial charge is 0.368 e. The molecule has 1 saturated heterocycles. The number of aromatic amines is 1. The first-order valence-corrected chi connectivity index (χ1v) is 13.4. The minimum absolute atomic E-state index is 0.0240. The van der Waals surface area contributed by atoms with Crippen molar-refractivity contribution in [2.75, 3.05) is 6.54 Å². The van der Waals surface area contributed by atoms with E-state index in [2.05, 4.69) is 29.5 Å². The van der Waals surface area contributed by atoms with Crippen LogP contribution in [0.5, 0.6) is 0 Å². The number of para-hydroxylation sites is 1. The number of aromatic nitrogens is 1. The fraction of sp³-hybridized carbons (Fsp3) is 0.586. The average Bonchev–Trinajstić information content (AvgIpc) is 3.20. The van der Waals surface area contributed by atoms with Crippen molar-refractivity contribution < 1.29 is 19.2 Å². The molecule has 0 bridgehead atoms. The van der Waals surface area contributed by atoms with E-state index in [1.807, 2.05) is 58.9 Å². The molecule has 1 aliphatic carbocycles. The Morgan fingerprint density at radius 2 is 1.79 bits per heavy atom. The number of nitrogens with zero attached hydrogens (tertiary/aromatic N) is 1. The Morgan fingerprint density at radius 1 is 1.13 bits per heavy atom. The van der Waals surface area contributed by atoms with Crippen LogP contribution in [0.4, 0.5) is 0 Å². The molecular weight excluding hydrogens is 482 g/mol. The number of hydrogen-bond acceptors (Lipinski definition) is 4. The molecule has 0 spiro atoms. The summed E-state index contributed by atoms with van der Waals surface area (Å²) in [6, 6.07) is 6.96. The third-order valence-electron chi connectivity index (χ3n) is 8.28. The zero-order valence-electron chi connectivity index (χ0n) is 23.4. The summed E-state index contributed by atoms with van der Waals surface area (Å²) in [4.78, 5) is 57.7. The first-order chi connectivity index (χ1) is 17.6. The lowest BCUT2D eigenvalue weighted by atomic mass is 9.86. The van der Waals surface area contributed by atoms with Crippen LogP contribution >= 0.6 is 0 Å². The first kappa shape index (κ1) is 27.7. The monoisotopic (exact) mass is 523 g/mol. The number of nitrogens with two attached hydrogens (primary N) is 1. The van der Waals surface area contributed by atoms with E-state index < -0.39 is 29.4 Å². The second-order valence-electron chi connectivity index (χ2n) is 13.0. The van der Waals surface area contributed by atoms with Crippen molar-refractivity contribution in [3.05, 3.63) is 36.0 Å². The lowest BCUT2D eigenvalue weighted by Gasteiger charge is -2.35. The van der Waals surface area contributed by atoms with Gasteiger partial charge in [-0.05, 0) is 47.1 Å². The number of piperidine rings is 1. The van der Waals surface area contributed by atoms with E-state index in [-0.39, 0.29) is 40.9 Å². The molecule has 1 aliphatic heterocycles. The Bertz CT molecular complexity index is 1220. The number of primary amides is 1. The van der Waals surface area contributed by atoms with E-state index in [1.54, 1.807) is 11.0 Å². The predicted molar refractivity (Wildman–Crippen MR) is 146 cm³/mol. The van der Waals surface area contributed by atoms with Crippen LogP contribution in [0.15, 0.2) is 30.3 Å². The standard InChI is InChI=1S/C29H41N5O4/c1-15(2)12-20(32-25(36)19-13-16-10-8-9-11-18(16)31-19)27(38)34-14-17-21(29(17,6)7)22(34)26(37)33-23(24(30)35)28(3,4)5/h8-11,13,15,17,20-23,31H,12,14H2,1-7H3,(H2,30,35)(H,32,36)(H,33,37)/t17-,20-,21?,22-,23+/m0/s1. The van der Waals surface area contributed by atoms with Crippen LogP contribution in [-0.2, 0) is 14.4 Å². The summed E-state index contributed by atoms with van der Waals surface area (Å²) in [5.74, 6) is -1.35. The molecule has 9 heteroatoms. The number of nitrogens with one attached hydrogen (secondary N) is 3. The molecular formula is C29H41N5O4. The third-order valence-corrected chi connectivity index (χ3v) is 8.28. The number of amides is 4. The number of rotatable bonds is 8. The van der Waals surface area contributed by atoms with Gasteiger partial charge in [0.05, 0.1) is 0 Å². The third kappa shape index (κ3) is 5.15. The zero-order valence-corrected chi connectivity index (χ0v) is 23.4. The maximum absolute atomic E-state index is 14.0. The lowest BCUT2D eigenvalue weighted by Crippen LogP contribution is -2.60. The maximum atomic E-state index is 14.0. The molecule has 4 amide bonds. The number of likely N-dealkylation sites (tertiary alicyclic amines) is 1. The fourth-order valence-corrected chi connectivity index (χ4v) is 6.08. The Labute approximate surface area is 224 Å². The van der Waals surface area contributed by atoms with Crippen molar-refractivity contribution in [1.82, 2.24) is 20.5 Å². The van der Waals surface area contributed by atoms with Crippen LogP contribution in [0.1, 0.15) is 65.4 Å². The van der Waals surface area contributed by atoms with Crippen molar-refractivity contribution in [2.24, 2.45) is 34.3 Å². The summed E-state index contributed by atoms with van der Waals surface area (Å²) < 4.78 is 0. The molecule has 1 unspecified atom stereocenters. The van der Waals surface area contributed by atoms with Crippen LogP contribution < -0.4 is 16.4 Å². The Hall–Kier alpha value is -3.36. The number of H-pyrrole nitrogens is 1. The number of benzene rings is 1. The smallest absolute Gasteiger partial charge is 0.268 e. The van der Waals surface area contributed by atoms with Gasteiger partial charge in [0, 0.05) is 17.4 Å². The highest BCUT2D eigenvalue weighted by molar-refractivity contribution is 6.01. The normalized spacial score (nSPS) is 23.6. The van der Waals surface area contributed by atoms with E-state index in [4.69, 9.17) is 5.73 Å².